The summed E-state index contributed by atoms with van der Waals surface area (Å²) in [5, 5.41) is 5.84. The summed E-state index contributed by atoms with van der Waals surface area (Å²) in [5.41, 5.74) is 1.09. The van der Waals surface area contributed by atoms with Gasteiger partial charge in [0, 0.05) is 30.9 Å². The number of benzene rings is 1. The highest BCUT2D eigenvalue weighted by Gasteiger charge is 2.13. The second-order valence-electron chi connectivity index (χ2n) is 7.58. The van der Waals surface area contributed by atoms with Crippen molar-refractivity contribution < 1.29 is 9.59 Å². The molecule has 1 aromatic carbocycles. The lowest BCUT2D eigenvalue weighted by atomic mass is 10.2. The Morgan fingerprint density at radius 2 is 1.69 bits per heavy atom. The van der Waals surface area contributed by atoms with Gasteiger partial charge in [0.2, 0.25) is 5.91 Å². The van der Waals surface area contributed by atoms with E-state index in [0.29, 0.717) is 25.9 Å². The van der Waals surface area contributed by atoms with Gasteiger partial charge in [-0.15, -0.1) is 11.3 Å². The summed E-state index contributed by atoms with van der Waals surface area (Å²) in [5.74, 6) is -0.0271. The first-order valence-corrected chi connectivity index (χ1v) is 11.4. The highest BCUT2D eigenvalue weighted by molar-refractivity contribution is 7.14. The van der Waals surface area contributed by atoms with Crippen LogP contribution < -0.4 is 10.6 Å². The van der Waals surface area contributed by atoms with E-state index in [4.69, 9.17) is 0 Å². The van der Waals surface area contributed by atoms with Crippen LogP contribution in [-0.4, -0.2) is 36.3 Å². The first kappa shape index (κ1) is 21.5. The van der Waals surface area contributed by atoms with Gasteiger partial charge in [-0.3, -0.25) is 14.5 Å². The molecule has 1 aromatic heterocycles. The maximum absolute atomic E-state index is 12.3. The molecule has 2 aromatic rings. The monoisotopic (exact) mass is 413 g/mol. The minimum Gasteiger partial charge on any atom is -0.352 e. The molecule has 1 aliphatic heterocycles. The van der Waals surface area contributed by atoms with E-state index < -0.39 is 0 Å². The average molecular weight is 414 g/mol. The van der Waals surface area contributed by atoms with Crippen LogP contribution in [0.1, 0.15) is 58.6 Å². The maximum Gasteiger partial charge on any atom is 0.261 e. The number of carbonyl (C=O) groups excluding carboxylic acids is 2. The number of hydrogen-bond donors (Lipinski definition) is 2. The molecular formula is C23H31N3O2S. The summed E-state index contributed by atoms with van der Waals surface area (Å²) < 4.78 is 0. The number of likely N-dealkylation sites (tertiary alicyclic amines) is 1. The van der Waals surface area contributed by atoms with Crippen LogP contribution in [0.5, 0.6) is 0 Å². The topological polar surface area (TPSA) is 61.4 Å². The Labute approximate surface area is 177 Å². The van der Waals surface area contributed by atoms with Gasteiger partial charge >= 0.3 is 0 Å². The molecule has 2 amide bonds. The molecule has 6 heteroatoms. The third kappa shape index (κ3) is 7.63. The van der Waals surface area contributed by atoms with Gasteiger partial charge in [0.15, 0.2) is 0 Å². The molecule has 1 fully saturated rings. The third-order valence-corrected chi connectivity index (χ3v) is 6.23. The molecular weight excluding hydrogens is 382 g/mol. The minimum atomic E-state index is -0.0400. The van der Waals surface area contributed by atoms with E-state index in [-0.39, 0.29) is 11.8 Å². The van der Waals surface area contributed by atoms with Crippen molar-refractivity contribution in [1.82, 2.24) is 15.5 Å². The molecule has 0 radical (unpaired) electrons. The van der Waals surface area contributed by atoms with Gasteiger partial charge in [0.25, 0.3) is 5.91 Å². The molecule has 5 nitrogen and oxygen atoms in total. The van der Waals surface area contributed by atoms with Crippen molar-refractivity contribution >= 4 is 23.2 Å². The van der Waals surface area contributed by atoms with E-state index in [1.165, 1.54) is 30.6 Å². The number of nitrogens with one attached hydrogen (secondary N) is 2. The van der Waals surface area contributed by atoms with Crippen molar-refractivity contribution in [2.45, 2.75) is 51.6 Å². The molecule has 0 unspecified atom stereocenters. The van der Waals surface area contributed by atoms with Crippen molar-refractivity contribution in [3.05, 3.63) is 57.8 Å². The van der Waals surface area contributed by atoms with E-state index >= 15 is 0 Å². The Bertz CT molecular complexity index is 767. The number of hydrogen-bond acceptors (Lipinski definition) is 4. The average Bonchev–Trinajstić information content (AvgIpc) is 3.06. The zero-order chi connectivity index (χ0) is 20.3. The van der Waals surface area contributed by atoms with E-state index in [2.05, 4.69) is 21.6 Å². The molecule has 29 heavy (non-hydrogen) atoms. The summed E-state index contributed by atoms with van der Waals surface area (Å²) in [6, 6.07) is 13.8. The fraction of sp³-hybridized carbons (Fsp3) is 0.478. The molecule has 0 atom stereocenters. The van der Waals surface area contributed by atoms with Gasteiger partial charge in [-0.05, 0) is 50.0 Å². The number of carbonyl (C=O) groups is 2. The van der Waals surface area contributed by atoms with E-state index in [1.807, 2.05) is 36.4 Å². The summed E-state index contributed by atoms with van der Waals surface area (Å²) in [6.45, 7) is 4.31. The number of thiophene rings is 1. The SMILES string of the molecule is O=C(CCCNC(=O)c1ccc(CN2CCCCCC2)s1)NCc1ccccc1. The second-order valence-corrected chi connectivity index (χ2v) is 8.75. The number of nitrogens with zero attached hydrogens (tertiary/aromatic N) is 1. The largest absolute Gasteiger partial charge is 0.352 e. The number of amides is 2. The summed E-state index contributed by atoms with van der Waals surface area (Å²) in [7, 11) is 0. The van der Waals surface area contributed by atoms with Crippen LogP contribution in [0, 0.1) is 0 Å². The minimum absolute atomic E-state index is 0.0129. The second kappa shape index (κ2) is 11.7. The maximum atomic E-state index is 12.3. The lowest BCUT2D eigenvalue weighted by Gasteiger charge is -2.18. The lowest BCUT2D eigenvalue weighted by Crippen LogP contribution is -2.27. The smallest absolute Gasteiger partial charge is 0.261 e. The molecule has 3 rings (SSSR count). The molecule has 2 heterocycles. The molecule has 0 aliphatic carbocycles. The van der Waals surface area contributed by atoms with Gasteiger partial charge in [0.1, 0.15) is 0 Å². The molecule has 1 saturated heterocycles. The van der Waals surface area contributed by atoms with Crippen LogP contribution >= 0.6 is 11.3 Å². The highest BCUT2D eigenvalue weighted by atomic mass is 32.1. The molecule has 0 bridgehead atoms. The normalized spacial score (nSPS) is 14.9. The summed E-state index contributed by atoms with van der Waals surface area (Å²) in [6.07, 6.45) is 6.27. The highest BCUT2D eigenvalue weighted by Crippen LogP contribution is 2.20. The first-order valence-electron chi connectivity index (χ1n) is 10.6. The summed E-state index contributed by atoms with van der Waals surface area (Å²) in [4.78, 5) is 28.8. The zero-order valence-electron chi connectivity index (χ0n) is 17.0. The Kier molecular flexibility index (Phi) is 8.71. The quantitative estimate of drug-likeness (QED) is 0.612. The molecule has 0 spiro atoms. The Hall–Kier alpha value is -2.18. The van der Waals surface area contributed by atoms with Crippen LogP contribution in [0.3, 0.4) is 0 Å². The molecule has 2 N–H and O–H groups in total. The third-order valence-electron chi connectivity index (χ3n) is 5.16. The lowest BCUT2D eigenvalue weighted by molar-refractivity contribution is -0.121. The van der Waals surface area contributed by atoms with Crippen LogP contribution in [0.4, 0.5) is 0 Å². The van der Waals surface area contributed by atoms with Gasteiger partial charge in [-0.25, -0.2) is 0 Å². The van der Waals surface area contributed by atoms with Crippen molar-refractivity contribution in [1.29, 1.82) is 0 Å². The summed E-state index contributed by atoms with van der Waals surface area (Å²) >= 11 is 1.58. The predicted octanol–water partition coefficient (Wildman–Crippen LogP) is 3.95. The molecule has 0 saturated carbocycles. The molecule has 1 aliphatic rings. The predicted molar refractivity (Wildman–Crippen MR) is 118 cm³/mol. The zero-order valence-corrected chi connectivity index (χ0v) is 17.8. The van der Waals surface area contributed by atoms with Gasteiger partial charge in [-0.1, -0.05) is 43.2 Å². The fourth-order valence-electron chi connectivity index (χ4n) is 3.52. The molecule has 156 valence electrons. The van der Waals surface area contributed by atoms with Gasteiger partial charge in [-0.2, -0.15) is 0 Å². The van der Waals surface area contributed by atoms with Gasteiger partial charge < -0.3 is 10.6 Å². The fourth-order valence-corrected chi connectivity index (χ4v) is 4.49. The van der Waals surface area contributed by atoms with E-state index in [1.54, 1.807) is 11.3 Å². The van der Waals surface area contributed by atoms with E-state index in [9.17, 15) is 9.59 Å². The van der Waals surface area contributed by atoms with Crippen molar-refractivity contribution in [3.8, 4) is 0 Å². The van der Waals surface area contributed by atoms with Crippen LogP contribution in [0.25, 0.3) is 0 Å². The first-order chi connectivity index (χ1) is 14.2. The van der Waals surface area contributed by atoms with Crippen LogP contribution in [0.2, 0.25) is 0 Å². The van der Waals surface area contributed by atoms with Gasteiger partial charge in [0.05, 0.1) is 4.88 Å². The van der Waals surface area contributed by atoms with Crippen molar-refractivity contribution in [3.63, 3.8) is 0 Å². The number of rotatable bonds is 9. The van der Waals surface area contributed by atoms with E-state index in [0.717, 1.165) is 30.1 Å². The Balaban J connectivity index is 1.32. The van der Waals surface area contributed by atoms with Crippen LogP contribution in [-0.2, 0) is 17.9 Å². The Morgan fingerprint density at radius 1 is 0.931 bits per heavy atom. The van der Waals surface area contributed by atoms with Crippen LogP contribution in [0.15, 0.2) is 42.5 Å². The Morgan fingerprint density at radius 3 is 2.45 bits per heavy atom. The van der Waals surface area contributed by atoms with Crippen molar-refractivity contribution in [2.75, 3.05) is 19.6 Å². The standard InChI is InChI=1S/C23H31N3O2S/c27-22(25-17-19-9-4-3-5-10-19)11-8-14-24-23(28)21-13-12-20(29-21)18-26-15-6-1-2-7-16-26/h3-5,9-10,12-13H,1-2,6-8,11,14-18H2,(H,24,28)(H,25,27). The van der Waals surface area contributed by atoms with Crippen molar-refractivity contribution in [2.24, 2.45) is 0 Å².